The second kappa shape index (κ2) is 9.30. The van der Waals surface area contributed by atoms with Gasteiger partial charge < -0.3 is 14.8 Å². The maximum absolute atomic E-state index is 12.8. The Balaban J connectivity index is 1.96. The molecule has 27 heavy (non-hydrogen) atoms. The van der Waals surface area contributed by atoms with E-state index < -0.39 is 24.1 Å². The minimum absolute atomic E-state index is 0.00465. The lowest BCUT2D eigenvalue weighted by Crippen LogP contribution is -2.31. The molecular weight excluding hydrogens is 359 g/mol. The summed E-state index contributed by atoms with van der Waals surface area (Å²) in [5.41, 5.74) is 1.16. The van der Waals surface area contributed by atoms with Crippen molar-refractivity contribution in [2.45, 2.75) is 45.7 Å². The number of halogens is 3. The zero-order valence-corrected chi connectivity index (χ0v) is 15.2. The first-order chi connectivity index (χ1) is 12.8. The molecule has 2 aromatic carbocycles. The van der Waals surface area contributed by atoms with Crippen LogP contribution in [0.5, 0.6) is 5.75 Å². The van der Waals surface area contributed by atoms with Crippen molar-refractivity contribution in [3.8, 4) is 5.75 Å². The van der Waals surface area contributed by atoms with E-state index in [-0.39, 0.29) is 12.3 Å². The van der Waals surface area contributed by atoms with Gasteiger partial charge in [-0.2, -0.15) is 13.2 Å². The third kappa shape index (κ3) is 6.51. The fourth-order valence-electron chi connectivity index (χ4n) is 2.41. The summed E-state index contributed by atoms with van der Waals surface area (Å²) in [4.78, 5) is 12.0. The smallest absolute Gasteiger partial charge is 0.416 e. The van der Waals surface area contributed by atoms with Crippen LogP contribution in [-0.4, -0.2) is 12.4 Å². The van der Waals surface area contributed by atoms with Gasteiger partial charge in [0, 0.05) is 13.0 Å². The van der Waals surface area contributed by atoms with Crippen molar-refractivity contribution < 1.29 is 27.4 Å². The Hall–Kier alpha value is -2.70. The molecule has 0 spiro atoms. The first-order valence-corrected chi connectivity index (χ1v) is 8.62. The Kier molecular flexibility index (Phi) is 7.10. The first kappa shape index (κ1) is 20.6. The normalized spacial score (nSPS) is 12.3. The molecule has 0 aliphatic carbocycles. The highest BCUT2D eigenvalue weighted by atomic mass is 19.4. The molecular formula is C20H22F3NO3. The highest BCUT2D eigenvalue weighted by Gasteiger charge is 2.31. The van der Waals surface area contributed by atoms with Gasteiger partial charge in [0.25, 0.3) is 0 Å². The van der Waals surface area contributed by atoms with Gasteiger partial charge in [-0.05, 0) is 42.7 Å². The minimum atomic E-state index is -4.47. The molecule has 0 bridgehead atoms. The molecule has 1 amide bonds. The zero-order chi connectivity index (χ0) is 19.9. The van der Waals surface area contributed by atoms with Gasteiger partial charge in [0.1, 0.15) is 5.75 Å². The van der Waals surface area contributed by atoms with Crippen LogP contribution >= 0.6 is 0 Å². The van der Waals surface area contributed by atoms with Gasteiger partial charge in [0.15, 0.2) is 0 Å². The largest absolute Gasteiger partial charge is 0.455 e. The lowest BCUT2D eigenvalue weighted by Gasteiger charge is -2.20. The van der Waals surface area contributed by atoms with E-state index in [1.165, 1.54) is 12.1 Å². The van der Waals surface area contributed by atoms with E-state index in [0.29, 0.717) is 12.8 Å². The molecule has 2 aromatic rings. The molecule has 0 aliphatic rings. The monoisotopic (exact) mass is 381 g/mol. The van der Waals surface area contributed by atoms with Crippen molar-refractivity contribution in [1.29, 1.82) is 0 Å². The molecule has 0 radical (unpaired) electrons. The van der Waals surface area contributed by atoms with Crippen LogP contribution in [0.1, 0.15) is 36.5 Å². The van der Waals surface area contributed by atoms with E-state index in [1.807, 2.05) is 38.1 Å². The predicted octanol–water partition coefficient (Wildman–Crippen LogP) is 5.45. The molecule has 0 heterocycles. The highest BCUT2D eigenvalue weighted by Crippen LogP contribution is 2.31. The maximum atomic E-state index is 12.8. The number of rotatable bonds is 7. The third-order valence-corrected chi connectivity index (χ3v) is 3.88. The van der Waals surface area contributed by atoms with Crippen LogP contribution in [0, 0.1) is 6.92 Å². The molecule has 1 N–H and O–H groups in total. The summed E-state index contributed by atoms with van der Waals surface area (Å²) in [7, 11) is 0. The van der Waals surface area contributed by atoms with E-state index in [0.717, 1.165) is 23.3 Å². The number of hydrogen-bond donors (Lipinski definition) is 1. The second-order valence-corrected chi connectivity index (χ2v) is 6.05. The Morgan fingerprint density at radius 1 is 1.15 bits per heavy atom. The summed E-state index contributed by atoms with van der Waals surface area (Å²) < 4.78 is 49.1. The van der Waals surface area contributed by atoms with Crippen LogP contribution in [0.25, 0.3) is 0 Å². The number of nitrogens with one attached hydrogen (secondary N) is 1. The van der Waals surface area contributed by atoms with Gasteiger partial charge in [-0.3, -0.25) is 0 Å². The standard InChI is InChI=1S/C20H22F3NO3/c1-3-7-18(26-17-11-6-10-16(12-17)20(21,22)23)27-19(25)24-13-15-9-5-4-8-14(15)2/h4-6,8-12,18H,3,7,13H2,1-2H3,(H,24,25). The SMILES string of the molecule is CCCC(OC(=O)NCc1ccccc1C)Oc1cccc(C(F)(F)F)c1. The van der Waals surface area contributed by atoms with Crippen molar-refractivity contribution in [2.75, 3.05) is 0 Å². The Labute approximate surface area is 156 Å². The molecule has 0 saturated carbocycles. The number of alkyl halides is 3. The van der Waals surface area contributed by atoms with Gasteiger partial charge in [0.05, 0.1) is 5.56 Å². The van der Waals surface area contributed by atoms with Crippen LogP contribution < -0.4 is 10.1 Å². The highest BCUT2D eigenvalue weighted by molar-refractivity contribution is 5.67. The lowest BCUT2D eigenvalue weighted by atomic mass is 10.1. The average Bonchev–Trinajstić information content (AvgIpc) is 2.61. The van der Waals surface area contributed by atoms with Gasteiger partial charge in [0.2, 0.25) is 6.29 Å². The number of carbonyl (C=O) groups excluding carboxylic acids is 1. The molecule has 146 valence electrons. The van der Waals surface area contributed by atoms with Crippen LogP contribution in [0.15, 0.2) is 48.5 Å². The number of amides is 1. The number of ether oxygens (including phenoxy) is 2. The Morgan fingerprint density at radius 2 is 1.89 bits per heavy atom. The predicted molar refractivity (Wildman–Crippen MR) is 95.3 cm³/mol. The minimum Gasteiger partial charge on any atom is -0.455 e. The first-order valence-electron chi connectivity index (χ1n) is 8.62. The summed E-state index contributed by atoms with van der Waals surface area (Å²) in [6.07, 6.45) is -5.15. The number of aryl methyl sites for hydroxylation is 1. The van der Waals surface area contributed by atoms with Crippen molar-refractivity contribution in [1.82, 2.24) is 5.32 Å². The van der Waals surface area contributed by atoms with E-state index in [1.54, 1.807) is 0 Å². The molecule has 1 unspecified atom stereocenters. The number of alkyl carbamates (subject to hydrolysis) is 1. The Morgan fingerprint density at radius 3 is 2.56 bits per heavy atom. The Bertz CT molecular complexity index is 762. The molecule has 0 fully saturated rings. The van der Waals surface area contributed by atoms with Gasteiger partial charge in [-0.1, -0.05) is 37.3 Å². The maximum Gasteiger partial charge on any atom is 0.416 e. The quantitative estimate of drug-likeness (QED) is 0.649. The van der Waals surface area contributed by atoms with E-state index in [9.17, 15) is 18.0 Å². The summed E-state index contributed by atoms with van der Waals surface area (Å²) >= 11 is 0. The molecule has 4 nitrogen and oxygen atoms in total. The van der Waals surface area contributed by atoms with Gasteiger partial charge in [-0.25, -0.2) is 4.79 Å². The fourth-order valence-corrected chi connectivity index (χ4v) is 2.41. The molecule has 0 aliphatic heterocycles. The molecule has 1 atom stereocenters. The van der Waals surface area contributed by atoms with Gasteiger partial charge >= 0.3 is 12.3 Å². The van der Waals surface area contributed by atoms with E-state index in [4.69, 9.17) is 9.47 Å². The second-order valence-electron chi connectivity index (χ2n) is 6.05. The van der Waals surface area contributed by atoms with Crippen molar-refractivity contribution in [3.63, 3.8) is 0 Å². The topological polar surface area (TPSA) is 47.6 Å². The molecule has 0 aromatic heterocycles. The molecule has 7 heteroatoms. The zero-order valence-electron chi connectivity index (χ0n) is 15.2. The average molecular weight is 381 g/mol. The van der Waals surface area contributed by atoms with Crippen molar-refractivity contribution in [2.24, 2.45) is 0 Å². The third-order valence-electron chi connectivity index (χ3n) is 3.88. The van der Waals surface area contributed by atoms with E-state index >= 15 is 0 Å². The van der Waals surface area contributed by atoms with E-state index in [2.05, 4.69) is 5.32 Å². The summed E-state index contributed by atoms with van der Waals surface area (Å²) in [5, 5.41) is 2.63. The van der Waals surface area contributed by atoms with Crippen molar-refractivity contribution in [3.05, 3.63) is 65.2 Å². The number of carbonyl (C=O) groups is 1. The van der Waals surface area contributed by atoms with Crippen LogP contribution in [0.4, 0.5) is 18.0 Å². The van der Waals surface area contributed by atoms with Crippen LogP contribution in [0.2, 0.25) is 0 Å². The number of hydrogen-bond acceptors (Lipinski definition) is 3. The van der Waals surface area contributed by atoms with Crippen molar-refractivity contribution >= 4 is 6.09 Å². The summed E-state index contributed by atoms with van der Waals surface area (Å²) in [6.45, 7) is 4.07. The van der Waals surface area contributed by atoms with Crippen LogP contribution in [-0.2, 0) is 17.5 Å². The molecule has 2 rings (SSSR count). The molecule has 0 saturated heterocycles. The fraction of sp³-hybridized carbons (Fsp3) is 0.350. The van der Waals surface area contributed by atoms with Crippen LogP contribution in [0.3, 0.4) is 0 Å². The van der Waals surface area contributed by atoms with Gasteiger partial charge in [-0.15, -0.1) is 0 Å². The summed E-state index contributed by atoms with van der Waals surface area (Å²) in [5.74, 6) is -0.00465. The lowest BCUT2D eigenvalue weighted by molar-refractivity contribution is -0.137. The number of benzene rings is 2. The summed E-state index contributed by atoms with van der Waals surface area (Å²) in [6, 6.07) is 12.1.